The highest BCUT2D eigenvalue weighted by Crippen LogP contribution is 2.21. The lowest BCUT2D eigenvalue weighted by Gasteiger charge is -2.41. The Bertz CT molecular complexity index is 801. The van der Waals surface area contributed by atoms with Crippen LogP contribution in [0.25, 0.3) is 0 Å². The molecule has 0 aliphatic heterocycles. The molecular weight excluding hydrogens is 376 g/mol. The fraction of sp³-hybridized carbons (Fsp3) is 0.458. The van der Waals surface area contributed by atoms with Gasteiger partial charge in [-0.1, -0.05) is 54.1 Å². The minimum atomic E-state index is -0.636. The zero-order valence-corrected chi connectivity index (χ0v) is 19.1. The number of nitrogens with zero attached hydrogens (tertiary/aromatic N) is 2. The van der Waals surface area contributed by atoms with Crippen molar-refractivity contribution in [3.63, 3.8) is 0 Å². The smallest absolute Gasteiger partial charge is 0.281 e. The number of hydrogen-bond donors (Lipinski definition) is 3. The zero-order valence-electron chi connectivity index (χ0n) is 19.1. The lowest BCUT2D eigenvalue weighted by Crippen LogP contribution is -2.67. The highest BCUT2D eigenvalue weighted by molar-refractivity contribution is 5.93. The minimum absolute atomic E-state index is 0.0340. The largest absolute Gasteiger partial charge is 0.387 e. The number of aryl methyl sites for hydroxylation is 2. The summed E-state index contributed by atoms with van der Waals surface area (Å²) in [4.78, 5) is 12.9. The van der Waals surface area contributed by atoms with Crippen molar-refractivity contribution < 1.29 is 14.5 Å². The number of quaternary nitrogens is 1. The van der Waals surface area contributed by atoms with E-state index in [0.29, 0.717) is 11.1 Å². The van der Waals surface area contributed by atoms with Crippen molar-refractivity contribution in [1.82, 2.24) is 10.5 Å². The third-order valence-corrected chi connectivity index (χ3v) is 5.98. The Labute approximate surface area is 181 Å². The van der Waals surface area contributed by atoms with Crippen LogP contribution in [0, 0.1) is 13.8 Å². The molecule has 2 aromatic rings. The van der Waals surface area contributed by atoms with Crippen LogP contribution in [-0.4, -0.2) is 53.3 Å². The molecule has 0 saturated carbocycles. The van der Waals surface area contributed by atoms with E-state index in [4.69, 9.17) is 0 Å². The van der Waals surface area contributed by atoms with Crippen LogP contribution in [0.15, 0.2) is 48.5 Å². The molecule has 0 aliphatic rings. The van der Waals surface area contributed by atoms with Crippen molar-refractivity contribution in [3.05, 3.63) is 65.2 Å². The molecule has 2 atom stereocenters. The van der Waals surface area contributed by atoms with Crippen LogP contribution in [0.4, 0.5) is 5.69 Å². The fourth-order valence-electron chi connectivity index (χ4n) is 3.66. The Hall–Kier alpha value is -2.25. The molecule has 2 unspecified atom stereocenters. The Morgan fingerprint density at radius 1 is 1.03 bits per heavy atom. The summed E-state index contributed by atoms with van der Waals surface area (Å²) in [5.74, 6) is -0.0340. The average Bonchev–Trinajstić information content (AvgIpc) is 2.75. The number of carbonyl (C=O) groups is 1. The van der Waals surface area contributed by atoms with E-state index in [1.807, 2.05) is 81.4 Å². The summed E-state index contributed by atoms with van der Waals surface area (Å²) >= 11 is 0. The quantitative estimate of drug-likeness (QED) is 0.412. The van der Waals surface area contributed by atoms with Crippen molar-refractivity contribution in [2.75, 3.05) is 32.0 Å². The zero-order chi connectivity index (χ0) is 22.3. The number of para-hydroxylation sites is 1. The topological polar surface area (TPSA) is 64.6 Å². The van der Waals surface area contributed by atoms with Gasteiger partial charge in [-0.3, -0.25) is 4.79 Å². The summed E-state index contributed by atoms with van der Waals surface area (Å²) in [6.07, 6.45) is -0.636. The maximum Gasteiger partial charge on any atom is 0.281 e. The first kappa shape index (κ1) is 24.0. The van der Waals surface area contributed by atoms with Crippen LogP contribution < -0.4 is 10.9 Å². The molecule has 0 radical (unpaired) electrons. The average molecular weight is 414 g/mol. The number of hydrogen-bond acceptors (Lipinski definition) is 4. The molecule has 0 bridgehead atoms. The summed E-state index contributed by atoms with van der Waals surface area (Å²) < 4.78 is 0.388. The number of hydrazine groups is 1. The standard InChI is InChI=1S/C24H36N4O2/c1-7-28(8-2,17-22(29)25-23-18(3)13-12-14-19(23)4)26-27(6)20(5)24(30)21-15-10-9-11-16-21/h9-16,20,24,26,30H,7-8,17H2,1-6H3/p+1. The van der Waals surface area contributed by atoms with Gasteiger partial charge in [-0.2, -0.15) is 5.01 Å². The summed E-state index contributed by atoms with van der Waals surface area (Å²) in [5.41, 5.74) is 7.34. The van der Waals surface area contributed by atoms with Crippen molar-refractivity contribution >= 4 is 11.6 Å². The SMILES string of the molecule is CC[N+](CC)(CC(=O)Nc1c(C)cccc1C)NN(C)C(C)C(O)c1ccccc1. The van der Waals surface area contributed by atoms with Crippen molar-refractivity contribution in [3.8, 4) is 0 Å². The predicted octanol–water partition coefficient (Wildman–Crippen LogP) is 3.57. The number of likely N-dealkylation sites (N-methyl/N-ethyl adjacent to an activating group) is 2. The lowest BCUT2D eigenvalue weighted by molar-refractivity contribution is -0.974. The molecule has 6 nitrogen and oxygen atoms in total. The van der Waals surface area contributed by atoms with Gasteiger partial charge in [-0.25, -0.2) is 4.59 Å². The predicted molar refractivity (Wildman–Crippen MR) is 123 cm³/mol. The molecule has 2 rings (SSSR count). The van der Waals surface area contributed by atoms with Crippen molar-refractivity contribution in [1.29, 1.82) is 0 Å². The lowest BCUT2D eigenvalue weighted by atomic mass is 10.0. The van der Waals surface area contributed by atoms with E-state index < -0.39 is 6.10 Å². The van der Waals surface area contributed by atoms with Crippen molar-refractivity contribution in [2.45, 2.75) is 46.8 Å². The van der Waals surface area contributed by atoms with Crippen LogP contribution >= 0.6 is 0 Å². The van der Waals surface area contributed by atoms with E-state index in [-0.39, 0.29) is 11.9 Å². The third-order valence-electron chi connectivity index (χ3n) is 5.98. The van der Waals surface area contributed by atoms with Crippen LogP contribution in [-0.2, 0) is 4.79 Å². The fourth-order valence-corrected chi connectivity index (χ4v) is 3.66. The number of aliphatic hydroxyl groups is 1. The Morgan fingerprint density at radius 3 is 2.13 bits per heavy atom. The van der Waals surface area contributed by atoms with Gasteiger partial charge < -0.3 is 10.4 Å². The first-order valence-corrected chi connectivity index (χ1v) is 10.7. The Kier molecular flexibility index (Phi) is 8.55. The normalized spacial score (nSPS) is 13.9. The highest BCUT2D eigenvalue weighted by atomic mass is 16.3. The van der Waals surface area contributed by atoms with Crippen LogP contribution in [0.1, 0.15) is 43.6 Å². The molecular formula is C24H37N4O2+. The first-order chi connectivity index (χ1) is 14.2. The van der Waals surface area contributed by atoms with Gasteiger partial charge in [-0.05, 0) is 51.3 Å². The molecule has 6 heteroatoms. The maximum atomic E-state index is 12.9. The first-order valence-electron chi connectivity index (χ1n) is 10.7. The maximum absolute atomic E-state index is 12.9. The van der Waals surface area contributed by atoms with Gasteiger partial charge in [0, 0.05) is 12.7 Å². The van der Waals surface area contributed by atoms with Crippen LogP contribution in [0.5, 0.6) is 0 Å². The van der Waals surface area contributed by atoms with E-state index in [2.05, 4.69) is 24.7 Å². The second-order valence-corrected chi connectivity index (χ2v) is 8.06. The van der Waals surface area contributed by atoms with Crippen molar-refractivity contribution in [2.24, 2.45) is 0 Å². The molecule has 30 heavy (non-hydrogen) atoms. The Morgan fingerprint density at radius 2 is 1.60 bits per heavy atom. The van der Waals surface area contributed by atoms with Gasteiger partial charge in [-0.15, -0.1) is 0 Å². The Balaban J connectivity index is 2.09. The van der Waals surface area contributed by atoms with Gasteiger partial charge in [0.05, 0.1) is 25.2 Å². The highest BCUT2D eigenvalue weighted by Gasteiger charge is 2.32. The van der Waals surface area contributed by atoms with Crippen LogP contribution in [0.3, 0.4) is 0 Å². The minimum Gasteiger partial charge on any atom is -0.387 e. The molecule has 0 spiro atoms. The van der Waals surface area contributed by atoms with Crippen LogP contribution in [0.2, 0.25) is 0 Å². The number of rotatable bonds is 10. The van der Waals surface area contributed by atoms with Gasteiger partial charge in [0.15, 0.2) is 6.54 Å². The molecule has 3 N–H and O–H groups in total. The summed E-state index contributed by atoms with van der Waals surface area (Å²) in [7, 11) is 1.92. The molecule has 0 fully saturated rings. The van der Waals surface area contributed by atoms with E-state index in [1.165, 1.54) is 0 Å². The number of aliphatic hydroxyl groups excluding tert-OH is 1. The number of amides is 1. The molecule has 0 aliphatic carbocycles. The number of benzene rings is 2. The summed E-state index contributed by atoms with van der Waals surface area (Å²) in [5, 5.41) is 15.8. The molecule has 164 valence electrons. The van der Waals surface area contributed by atoms with Gasteiger partial charge in [0.2, 0.25) is 0 Å². The monoisotopic (exact) mass is 413 g/mol. The third kappa shape index (κ3) is 5.89. The molecule has 0 saturated heterocycles. The second kappa shape index (κ2) is 10.7. The van der Waals surface area contributed by atoms with Gasteiger partial charge >= 0.3 is 0 Å². The molecule has 0 heterocycles. The number of anilines is 1. The summed E-state index contributed by atoms with van der Waals surface area (Å²) in [6, 6.07) is 15.5. The number of carbonyl (C=O) groups excluding carboxylic acids is 1. The number of nitrogens with one attached hydrogen (secondary N) is 2. The van der Waals surface area contributed by atoms with E-state index >= 15 is 0 Å². The molecule has 2 aromatic carbocycles. The van der Waals surface area contributed by atoms with Gasteiger partial charge in [0.1, 0.15) is 0 Å². The van der Waals surface area contributed by atoms with E-state index in [0.717, 1.165) is 35.5 Å². The molecule has 1 amide bonds. The second-order valence-electron chi connectivity index (χ2n) is 8.06. The van der Waals surface area contributed by atoms with Gasteiger partial charge in [0.25, 0.3) is 5.91 Å². The van der Waals surface area contributed by atoms with E-state index in [9.17, 15) is 9.90 Å². The van der Waals surface area contributed by atoms with E-state index in [1.54, 1.807) is 0 Å². The summed E-state index contributed by atoms with van der Waals surface area (Å²) in [6.45, 7) is 11.9. The molecule has 0 aromatic heterocycles.